The highest BCUT2D eigenvalue weighted by atomic mass is 32.2. The second kappa shape index (κ2) is 11.0. The summed E-state index contributed by atoms with van der Waals surface area (Å²) in [7, 11) is -4.27. The maximum absolute atomic E-state index is 12.7. The van der Waals surface area contributed by atoms with Crippen LogP contribution in [0.15, 0.2) is 34.2 Å². The molecule has 2 heterocycles. The molecular weight excluding hydrogens is 482 g/mol. The maximum atomic E-state index is 12.7. The molecule has 0 amide bonds. The monoisotopic (exact) mass is 509 g/mol. The van der Waals surface area contributed by atoms with Crippen molar-refractivity contribution in [3.63, 3.8) is 0 Å². The van der Waals surface area contributed by atoms with Crippen LogP contribution < -0.4 is 21.1 Å². The number of ketones is 1. The zero-order chi connectivity index (χ0) is 24.8. The highest BCUT2D eigenvalue weighted by Crippen LogP contribution is 2.18. The summed E-state index contributed by atoms with van der Waals surface area (Å²) in [5, 5.41) is 25.0. The fourth-order valence-corrected chi connectivity index (χ4v) is 5.47. The molecule has 3 rings (SSSR count). The molecule has 1 aliphatic rings. The van der Waals surface area contributed by atoms with Crippen LogP contribution in [0.25, 0.3) is 0 Å². The summed E-state index contributed by atoms with van der Waals surface area (Å²) >= 11 is 1.25. The van der Waals surface area contributed by atoms with Gasteiger partial charge in [-0.25, -0.2) is 13.2 Å². The third kappa shape index (κ3) is 7.03. The van der Waals surface area contributed by atoms with Gasteiger partial charge in [-0.15, -0.1) is 21.5 Å². The third-order valence-electron chi connectivity index (χ3n) is 4.87. The number of hydrogen-bond donors (Lipinski definition) is 5. The Hall–Kier alpha value is -2.94. The number of carboxylic acid groups (broad SMARTS) is 1. The van der Waals surface area contributed by atoms with Gasteiger partial charge in [0.2, 0.25) is 10.0 Å². The molecule has 14 heteroatoms. The second-order valence-corrected chi connectivity index (χ2v) is 10.7. The average molecular weight is 510 g/mol. The predicted octanol–water partition coefficient (Wildman–Crippen LogP) is -0.452. The molecule has 1 atom stereocenters. The number of carboxylic acids is 1. The Morgan fingerprint density at radius 1 is 1.29 bits per heavy atom. The number of rotatable bonds is 12. The Labute approximate surface area is 201 Å². The summed E-state index contributed by atoms with van der Waals surface area (Å²) in [6.07, 6.45) is 0.490. The number of benzene rings is 1. The summed E-state index contributed by atoms with van der Waals surface area (Å²) in [6.45, 7) is 3.99. The van der Waals surface area contributed by atoms with E-state index in [1.807, 2.05) is 4.72 Å². The number of nitrogens with two attached hydrogens (primary N) is 1. The van der Waals surface area contributed by atoms with E-state index in [9.17, 15) is 23.1 Å². The van der Waals surface area contributed by atoms with Gasteiger partial charge in [0.25, 0.3) is 0 Å². The minimum Gasteiger partial charge on any atom is -0.479 e. The molecule has 0 bridgehead atoms. The topological polar surface area (TPSA) is 189 Å². The molecule has 1 aromatic heterocycles. The number of aliphatic imine (C=N–C) groups is 1. The van der Waals surface area contributed by atoms with Gasteiger partial charge in [-0.1, -0.05) is 12.1 Å². The number of aromatic nitrogens is 2. The Morgan fingerprint density at radius 2 is 2.06 bits per heavy atom. The number of hydrogen-bond acceptors (Lipinski definition) is 11. The molecule has 0 aliphatic carbocycles. The van der Waals surface area contributed by atoms with Crippen LogP contribution in [0.4, 0.5) is 0 Å². The maximum Gasteiger partial charge on any atom is 0.340 e. The van der Waals surface area contributed by atoms with Gasteiger partial charge in [-0.3, -0.25) is 9.79 Å². The smallest absolute Gasteiger partial charge is 0.340 e. The fraction of sp³-hybridized carbons (Fsp3) is 0.450. The predicted molar refractivity (Wildman–Crippen MR) is 126 cm³/mol. The van der Waals surface area contributed by atoms with E-state index in [-0.39, 0.29) is 11.3 Å². The van der Waals surface area contributed by atoms with E-state index in [0.29, 0.717) is 23.5 Å². The number of aryl methyl sites for hydroxylation is 2. The first-order valence-electron chi connectivity index (χ1n) is 10.6. The molecule has 6 N–H and O–H groups in total. The van der Waals surface area contributed by atoms with Crippen molar-refractivity contribution in [1.82, 2.24) is 25.6 Å². The molecule has 0 saturated heterocycles. The SMILES string of the molecule is Cc1cccc(S(=O)(=O)N[C@@](N)(CC(=O)Cc2nnc(CCCNC3=NCCN3)s2)C(=O)O)c1. The normalized spacial score (nSPS) is 15.3. The molecule has 184 valence electrons. The van der Waals surface area contributed by atoms with Crippen molar-refractivity contribution in [2.24, 2.45) is 10.7 Å². The van der Waals surface area contributed by atoms with E-state index in [1.54, 1.807) is 13.0 Å². The molecule has 12 nitrogen and oxygen atoms in total. The van der Waals surface area contributed by atoms with Crippen molar-refractivity contribution in [2.75, 3.05) is 19.6 Å². The minimum absolute atomic E-state index is 0.143. The standard InChI is InChI=1S/C20H27N7O5S2/c1-13-4-2-5-15(10-13)34(31,32)27-20(21,18(29)30)12-14(28)11-17-26-25-16(33-17)6-3-7-22-19-23-8-9-24-19/h2,4-5,10,27H,3,6-9,11-12,21H2,1H3,(H,29,30)(H2,22,23,24)/t20-/m0/s1. The van der Waals surface area contributed by atoms with Gasteiger partial charge < -0.3 is 21.5 Å². The zero-order valence-corrected chi connectivity index (χ0v) is 20.2. The van der Waals surface area contributed by atoms with E-state index in [2.05, 4.69) is 25.8 Å². The second-order valence-electron chi connectivity index (χ2n) is 7.87. The van der Waals surface area contributed by atoms with E-state index < -0.39 is 33.9 Å². The van der Waals surface area contributed by atoms with Crippen LogP contribution in [0.5, 0.6) is 0 Å². The van der Waals surface area contributed by atoms with Crippen molar-refractivity contribution in [1.29, 1.82) is 0 Å². The number of aliphatic carboxylic acids is 1. The van der Waals surface area contributed by atoms with E-state index in [1.165, 1.54) is 29.5 Å². The lowest BCUT2D eigenvalue weighted by molar-refractivity contribution is -0.146. The van der Waals surface area contributed by atoms with Crippen molar-refractivity contribution < 1.29 is 23.1 Å². The van der Waals surface area contributed by atoms with Gasteiger partial charge in [0, 0.05) is 19.5 Å². The van der Waals surface area contributed by atoms with Crippen molar-refractivity contribution in [3.8, 4) is 0 Å². The number of Topliss-reactive ketones (excluding diaryl/α,β-unsaturated/α-hetero) is 1. The highest BCUT2D eigenvalue weighted by Gasteiger charge is 2.41. The lowest BCUT2D eigenvalue weighted by Gasteiger charge is -2.25. The first-order valence-corrected chi connectivity index (χ1v) is 12.9. The van der Waals surface area contributed by atoms with Crippen LogP contribution in [-0.2, 0) is 32.5 Å². The number of guanidine groups is 1. The number of nitrogens with zero attached hydrogens (tertiary/aromatic N) is 3. The highest BCUT2D eigenvalue weighted by molar-refractivity contribution is 7.89. The number of sulfonamides is 1. The Morgan fingerprint density at radius 3 is 2.74 bits per heavy atom. The molecule has 0 fully saturated rings. The van der Waals surface area contributed by atoms with Crippen molar-refractivity contribution >= 4 is 39.1 Å². The molecular formula is C20H27N7O5S2. The van der Waals surface area contributed by atoms with Crippen LogP contribution in [-0.4, -0.2) is 66.7 Å². The van der Waals surface area contributed by atoms with Gasteiger partial charge in [0.15, 0.2) is 11.6 Å². The third-order valence-corrected chi connectivity index (χ3v) is 7.36. The molecule has 0 radical (unpaired) electrons. The minimum atomic E-state index is -4.27. The van der Waals surface area contributed by atoms with Crippen molar-refractivity contribution in [3.05, 3.63) is 39.8 Å². The van der Waals surface area contributed by atoms with Gasteiger partial charge >= 0.3 is 5.97 Å². The van der Waals surface area contributed by atoms with Gasteiger partial charge in [-0.2, -0.15) is 4.72 Å². The average Bonchev–Trinajstić information content (AvgIpc) is 3.42. The molecule has 0 saturated carbocycles. The summed E-state index contributed by atoms with van der Waals surface area (Å²) in [6, 6.07) is 5.92. The van der Waals surface area contributed by atoms with Gasteiger partial charge in [-0.05, 0) is 31.0 Å². The van der Waals surface area contributed by atoms with Crippen LogP contribution in [0, 0.1) is 6.92 Å². The fourth-order valence-electron chi connectivity index (χ4n) is 3.20. The summed E-state index contributed by atoms with van der Waals surface area (Å²) in [5.41, 5.74) is 4.00. The first-order chi connectivity index (χ1) is 16.1. The Balaban J connectivity index is 1.55. The first kappa shape index (κ1) is 25.7. The van der Waals surface area contributed by atoms with E-state index >= 15 is 0 Å². The van der Waals surface area contributed by atoms with E-state index in [0.717, 1.165) is 30.5 Å². The number of nitrogens with one attached hydrogen (secondary N) is 3. The summed E-state index contributed by atoms with van der Waals surface area (Å²) in [5.74, 6) is -1.46. The quantitative estimate of drug-likeness (QED) is 0.185. The van der Waals surface area contributed by atoms with Crippen LogP contribution >= 0.6 is 11.3 Å². The molecule has 34 heavy (non-hydrogen) atoms. The van der Waals surface area contributed by atoms with Gasteiger partial charge in [0.1, 0.15) is 15.8 Å². The van der Waals surface area contributed by atoms with Crippen molar-refractivity contribution in [2.45, 2.75) is 43.2 Å². The lowest BCUT2D eigenvalue weighted by atomic mass is 10.0. The summed E-state index contributed by atoms with van der Waals surface area (Å²) in [4.78, 5) is 28.4. The van der Waals surface area contributed by atoms with Gasteiger partial charge in [0.05, 0.1) is 24.3 Å². The molecule has 0 unspecified atom stereocenters. The zero-order valence-electron chi connectivity index (χ0n) is 18.6. The Bertz CT molecular complexity index is 1180. The Kier molecular flexibility index (Phi) is 8.30. The summed E-state index contributed by atoms with van der Waals surface area (Å²) < 4.78 is 27.3. The van der Waals surface area contributed by atoms with Crippen LogP contribution in [0.3, 0.4) is 0 Å². The van der Waals surface area contributed by atoms with Crippen LogP contribution in [0.2, 0.25) is 0 Å². The molecule has 1 aromatic carbocycles. The number of carbonyl (C=O) groups is 2. The molecule has 1 aliphatic heterocycles. The lowest BCUT2D eigenvalue weighted by Crippen LogP contribution is -2.62. The molecule has 0 spiro atoms. The molecule has 2 aromatic rings. The van der Waals surface area contributed by atoms with E-state index in [4.69, 9.17) is 5.73 Å². The van der Waals surface area contributed by atoms with Crippen LogP contribution in [0.1, 0.15) is 28.4 Å². The largest absolute Gasteiger partial charge is 0.479 e. The number of carbonyl (C=O) groups excluding carboxylic acids is 1.